The fourth-order valence-electron chi connectivity index (χ4n) is 5.40. The van der Waals surface area contributed by atoms with Gasteiger partial charge in [-0.25, -0.2) is 0 Å². The van der Waals surface area contributed by atoms with E-state index >= 15 is 0 Å². The van der Waals surface area contributed by atoms with Crippen LogP contribution in [0.15, 0.2) is 36.4 Å². The second-order valence-electron chi connectivity index (χ2n) is 9.57. The average Bonchev–Trinajstić information content (AvgIpc) is 3.17. The number of aliphatic hydroxyl groups excluding tert-OH is 1. The summed E-state index contributed by atoms with van der Waals surface area (Å²) in [4.78, 5) is 16.9. The van der Waals surface area contributed by atoms with Crippen LogP contribution in [-0.2, 0) is 6.18 Å². The molecule has 1 amide bonds. The van der Waals surface area contributed by atoms with Crippen molar-refractivity contribution in [3.63, 3.8) is 0 Å². The number of likely N-dealkylation sites (tertiary alicyclic amines) is 1. The number of hydrogen-bond acceptors (Lipinski definition) is 4. The lowest BCUT2D eigenvalue weighted by Crippen LogP contribution is -2.47. The molecular formula is C26H28F3N3O2. The van der Waals surface area contributed by atoms with Crippen molar-refractivity contribution in [3.8, 4) is 6.07 Å². The van der Waals surface area contributed by atoms with E-state index in [0.717, 1.165) is 17.2 Å². The number of benzene rings is 2. The number of anilines is 1. The Balaban J connectivity index is 1.52. The lowest BCUT2D eigenvalue weighted by molar-refractivity contribution is -0.137. The molecule has 1 unspecified atom stereocenters. The first kappa shape index (κ1) is 24.1. The molecule has 0 aliphatic carbocycles. The second-order valence-corrected chi connectivity index (χ2v) is 9.57. The molecule has 5 nitrogen and oxygen atoms in total. The van der Waals surface area contributed by atoms with E-state index in [4.69, 9.17) is 5.26 Å². The number of nitrogens with zero attached hydrogens (tertiary/aromatic N) is 3. The van der Waals surface area contributed by atoms with Crippen LogP contribution in [0.5, 0.6) is 0 Å². The van der Waals surface area contributed by atoms with Crippen molar-refractivity contribution in [3.05, 3.63) is 64.2 Å². The summed E-state index contributed by atoms with van der Waals surface area (Å²) in [5.74, 6) is -0.108. The normalized spacial score (nSPS) is 20.0. The third-order valence-corrected chi connectivity index (χ3v) is 7.50. The van der Waals surface area contributed by atoms with Gasteiger partial charge in [0.2, 0.25) is 0 Å². The van der Waals surface area contributed by atoms with Crippen LogP contribution in [0.1, 0.15) is 45.5 Å². The van der Waals surface area contributed by atoms with Gasteiger partial charge in [0.1, 0.15) is 0 Å². The number of alkyl halides is 3. The van der Waals surface area contributed by atoms with Crippen molar-refractivity contribution < 1.29 is 23.1 Å². The summed E-state index contributed by atoms with van der Waals surface area (Å²) in [5, 5.41) is 19.2. The Morgan fingerprint density at radius 3 is 2.50 bits per heavy atom. The molecule has 1 N–H and O–H groups in total. The molecule has 1 spiro atoms. The van der Waals surface area contributed by atoms with E-state index in [9.17, 15) is 23.1 Å². The van der Waals surface area contributed by atoms with Crippen LogP contribution in [0.25, 0.3) is 0 Å². The van der Waals surface area contributed by atoms with E-state index in [0.29, 0.717) is 50.3 Å². The topological polar surface area (TPSA) is 67.6 Å². The Hall–Kier alpha value is -3.05. The van der Waals surface area contributed by atoms with Crippen LogP contribution in [-0.4, -0.2) is 48.7 Å². The molecule has 2 aromatic carbocycles. The zero-order valence-electron chi connectivity index (χ0n) is 19.3. The Morgan fingerprint density at radius 1 is 1.18 bits per heavy atom. The van der Waals surface area contributed by atoms with Gasteiger partial charge < -0.3 is 14.9 Å². The predicted octanol–water partition coefficient (Wildman–Crippen LogP) is 4.55. The lowest BCUT2D eigenvalue weighted by atomic mass is 9.71. The molecule has 2 saturated heterocycles. The van der Waals surface area contributed by atoms with Crippen LogP contribution in [0, 0.1) is 36.5 Å². The molecule has 8 heteroatoms. The maximum atomic E-state index is 13.5. The Labute approximate surface area is 197 Å². The summed E-state index contributed by atoms with van der Waals surface area (Å²) in [7, 11) is 0. The van der Waals surface area contributed by atoms with Gasteiger partial charge in [-0.15, -0.1) is 0 Å². The third-order valence-electron chi connectivity index (χ3n) is 7.50. The monoisotopic (exact) mass is 471 g/mol. The molecule has 0 bridgehead atoms. The zero-order chi connectivity index (χ0) is 24.7. The van der Waals surface area contributed by atoms with Gasteiger partial charge in [-0.3, -0.25) is 4.79 Å². The number of rotatable bonds is 3. The zero-order valence-corrected chi connectivity index (χ0v) is 19.3. The summed E-state index contributed by atoms with van der Waals surface area (Å²) in [6.07, 6.45) is -3.27. The Bertz CT molecular complexity index is 1130. The maximum Gasteiger partial charge on any atom is 0.417 e. The van der Waals surface area contributed by atoms with Gasteiger partial charge in [0.15, 0.2) is 0 Å². The van der Waals surface area contributed by atoms with Gasteiger partial charge in [-0.05, 0) is 61.9 Å². The fraction of sp³-hybridized carbons (Fsp3) is 0.462. The largest absolute Gasteiger partial charge is 0.417 e. The number of nitriles is 1. The smallest absolute Gasteiger partial charge is 0.396 e. The molecule has 2 fully saturated rings. The van der Waals surface area contributed by atoms with Gasteiger partial charge in [0.25, 0.3) is 5.91 Å². The number of aliphatic hydroxyl groups is 1. The molecule has 180 valence electrons. The fourth-order valence-corrected chi connectivity index (χ4v) is 5.40. The average molecular weight is 472 g/mol. The van der Waals surface area contributed by atoms with Gasteiger partial charge >= 0.3 is 6.18 Å². The number of amides is 1. The van der Waals surface area contributed by atoms with Crippen LogP contribution >= 0.6 is 0 Å². The minimum atomic E-state index is -4.62. The summed E-state index contributed by atoms with van der Waals surface area (Å²) in [6.45, 7) is 5.83. The summed E-state index contributed by atoms with van der Waals surface area (Å²) >= 11 is 0. The first-order valence-corrected chi connectivity index (χ1v) is 11.4. The molecule has 2 aliphatic heterocycles. The number of halogens is 3. The maximum absolute atomic E-state index is 13.5. The van der Waals surface area contributed by atoms with Crippen molar-refractivity contribution in [1.29, 1.82) is 5.26 Å². The van der Waals surface area contributed by atoms with Crippen LogP contribution < -0.4 is 4.90 Å². The van der Waals surface area contributed by atoms with Crippen LogP contribution in [0.3, 0.4) is 0 Å². The lowest BCUT2D eigenvalue weighted by Gasteiger charge is -2.42. The standard InChI is InChI=1S/C26H28F3N3O2/c1-17-3-4-18(2)22(11-17)24(34)31-9-7-25(8-10-31)16-32(14-20(25)15-33)21-6-5-19(13-30)23(12-21)26(27,28)29/h3-6,11-12,20,33H,7-10,14-16H2,1-2H3. The molecule has 0 saturated carbocycles. The number of piperidine rings is 1. The first-order chi connectivity index (χ1) is 16.1. The van der Waals surface area contributed by atoms with Gasteiger partial charge in [-0.2, -0.15) is 18.4 Å². The second kappa shape index (κ2) is 8.95. The summed E-state index contributed by atoms with van der Waals surface area (Å²) in [6, 6.07) is 11.2. The van der Waals surface area contributed by atoms with Gasteiger partial charge in [-0.1, -0.05) is 17.7 Å². The molecular weight excluding hydrogens is 443 g/mol. The van der Waals surface area contributed by atoms with Crippen molar-refractivity contribution in [2.24, 2.45) is 11.3 Å². The molecule has 0 radical (unpaired) electrons. The minimum absolute atomic E-state index is 0.00615. The first-order valence-electron chi connectivity index (χ1n) is 11.4. The van der Waals surface area contributed by atoms with E-state index in [2.05, 4.69) is 0 Å². The van der Waals surface area contributed by atoms with Crippen molar-refractivity contribution in [1.82, 2.24) is 4.90 Å². The highest BCUT2D eigenvalue weighted by Crippen LogP contribution is 2.46. The van der Waals surface area contributed by atoms with E-state index in [1.165, 1.54) is 6.07 Å². The number of aryl methyl sites for hydroxylation is 2. The van der Waals surface area contributed by atoms with Crippen LogP contribution in [0.2, 0.25) is 0 Å². The molecule has 0 aromatic heterocycles. The molecule has 4 rings (SSSR count). The van der Waals surface area contributed by atoms with Crippen LogP contribution in [0.4, 0.5) is 18.9 Å². The van der Waals surface area contributed by atoms with Crippen molar-refractivity contribution in [2.45, 2.75) is 32.9 Å². The highest BCUT2D eigenvalue weighted by molar-refractivity contribution is 5.95. The minimum Gasteiger partial charge on any atom is -0.396 e. The van der Waals surface area contributed by atoms with Gasteiger partial charge in [0, 0.05) is 50.0 Å². The molecule has 1 atom stereocenters. The Morgan fingerprint density at radius 2 is 1.88 bits per heavy atom. The van der Waals surface area contributed by atoms with E-state index in [1.54, 1.807) is 12.1 Å². The summed E-state index contributed by atoms with van der Waals surface area (Å²) in [5.41, 5.74) is 1.42. The predicted molar refractivity (Wildman–Crippen MR) is 122 cm³/mol. The SMILES string of the molecule is Cc1ccc(C)c(C(=O)N2CCC3(CC2)CN(c2ccc(C#N)c(C(F)(F)F)c2)CC3CO)c1. The van der Waals surface area contributed by atoms with Gasteiger partial charge in [0.05, 0.1) is 17.2 Å². The molecule has 34 heavy (non-hydrogen) atoms. The van der Waals surface area contributed by atoms with E-state index in [-0.39, 0.29) is 23.8 Å². The molecule has 2 heterocycles. The van der Waals surface area contributed by atoms with Crippen molar-refractivity contribution >= 4 is 11.6 Å². The number of carbonyl (C=O) groups is 1. The number of carbonyl (C=O) groups excluding carboxylic acids is 1. The molecule has 2 aromatic rings. The number of hydrogen-bond donors (Lipinski definition) is 1. The van der Waals surface area contributed by atoms with E-state index < -0.39 is 17.3 Å². The highest BCUT2D eigenvalue weighted by atomic mass is 19.4. The third kappa shape index (κ3) is 4.37. The van der Waals surface area contributed by atoms with E-state index in [1.807, 2.05) is 41.8 Å². The molecule has 2 aliphatic rings. The summed E-state index contributed by atoms with van der Waals surface area (Å²) < 4.78 is 40.4. The quantitative estimate of drug-likeness (QED) is 0.714. The highest BCUT2D eigenvalue weighted by Gasteiger charge is 2.48. The van der Waals surface area contributed by atoms with Crippen molar-refractivity contribution in [2.75, 3.05) is 37.7 Å². The Kier molecular flexibility index (Phi) is 6.34.